The Morgan fingerprint density at radius 2 is 1.92 bits per heavy atom. The summed E-state index contributed by atoms with van der Waals surface area (Å²) >= 11 is 3.49. The van der Waals surface area contributed by atoms with Gasteiger partial charge in [0.1, 0.15) is 13.2 Å². The number of nitrogens with two attached hydrogens (primary N) is 1. The molecule has 2 aliphatic rings. The molecule has 3 N–H and O–H groups in total. The molecule has 8 heteroatoms. The Labute approximate surface area is 155 Å². The van der Waals surface area contributed by atoms with Gasteiger partial charge in [0.15, 0.2) is 11.5 Å². The lowest BCUT2D eigenvalue weighted by Gasteiger charge is -2.34. The molecule has 1 aromatic carbocycles. The van der Waals surface area contributed by atoms with Crippen LogP contribution in [0, 0.1) is 5.41 Å². The summed E-state index contributed by atoms with van der Waals surface area (Å²) in [6, 6.07) is 3.84. The normalized spacial score (nSPS) is 18.4. The van der Waals surface area contributed by atoms with E-state index in [9.17, 15) is 4.79 Å². The Kier molecular flexibility index (Phi) is 6.74. The fourth-order valence-electron chi connectivity index (χ4n) is 2.92. The van der Waals surface area contributed by atoms with Gasteiger partial charge in [0, 0.05) is 26.3 Å². The maximum atomic E-state index is 12.6. The quantitative estimate of drug-likeness (QED) is 0.777. The fraction of sp³-hybridized carbons (Fsp3) is 0.562. The highest BCUT2D eigenvalue weighted by atomic mass is 79.9. The molecular weight excluding hydrogens is 400 g/mol. The molecule has 1 aromatic rings. The van der Waals surface area contributed by atoms with Gasteiger partial charge in [0.25, 0.3) is 0 Å². The summed E-state index contributed by atoms with van der Waals surface area (Å²) < 4.78 is 17.4. The van der Waals surface area contributed by atoms with E-state index >= 15 is 0 Å². The van der Waals surface area contributed by atoms with Crippen LogP contribution in [0.15, 0.2) is 16.6 Å². The predicted molar refractivity (Wildman–Crippen MR) is 95.8 cm³/mol. The maximum absolute atomic E-state index is 12.6. The minimum absolute atomic E-state index is 0. The highest BCUT2D eigenvalue weighted by Gasteiger charge is 2.38. The summed E-state index contributed by atoms with van der Waals surface area (Å²) in [7, 11) is 0. The average Bonchev–Trinajstić information content (AvgIpc) is 2.60. The number of nitrogens with one attached hydrogen (secondary N) is 1. The van der Waals surface area contributed by atoms with Gasteiger partial charge in [-0.15, -0.1) is 12.4 Å². The van der Waals surface area contributed by atoms with Gasteiger partial charge in [-0.05, 0) is 46.5 Å². The van der Waals surface area contributed by atoms with Crippen LogP contribution in [0.5, 0.6) is 11.5 Å². The number of carbonyl (C=O) groups excluding carboxylic acids is 1. The van der Waals surface area contributed by atoms with Gasteiger partial charge >= 0.3 is 0 Å². The molecule has 2 heterocycles. The lowest BCUT2D eigenvalue weighted by atomic mass is 9.79. The lowest BCUT2D eigenvalue weighted by molar-refractivity contribution is -0.136. The molecule has 1 saturated heterocycles. The van der Waals surface area contributed by atoms with Crippen molar-refractivity contribution in [2.24, 2.45) is 11.1 Å². The van der Waals surface area contributed by atoms with E-state index < -0.39 is 5.41 Å². The summed E-state index contributed by atoms with van der Waals surface area (Å²) in [5.41, 5.74) is 6.30. The zero-order valence-electron chi connectivity index (χ0n) is 13.3. The summed E-state index contributed by atoms with van der Waals surface area (Å²) in [6.45, 7) is 3.01. The summed E-state index contributed by atoms with van der Waals surface area (Å²) in [6.07, 6.45) is 1.33. The molecule has 0 unspecified atom stereocenters. The minimum Gasteiger partial charge on any atom is -0.486 e. The van der Waals surface area contributed by atoms with Gasteiger partial charge in [-0.3, -0.25) is 4.79 Å². The Balaban J connectivity index is 0.00000208. The molecule has 0 radical (unpaired) electrons. The first-order valence-electron chi connectivity index (χ1n) is 7.79. The number of fused-ring (bicyclic) bond motifs is 1. The molecule has 0 spiro atoms. The first-order chi connectivity index (χ1) is 11.1. The van der Waals surface area contributed by atoms with Crippen molar-refractivity contribution in [3.63, 3.8) is 0 Å². The zero-order valence-corrected chi connectivity index (χ0v) is 15.7. The number of halogens is 2. The van der Waals surface area contributed by atoms with Crippen molar-refractivity contribution < 1.29 is 19.0 Å². The molecule has 0 bridgehead atoms. The van der Waals surface area contributed by atoms with Crippen molar-refractivity contribution in [1.29, 1.82) is 0 Å². The minimum atomic E-state index is -0.511. The standard InChI is InChI=1S/C16H21BrN2O4.ClH/c17-12-7-11(8-13-14(12)23-6-5-22-13)9-19-15(20)16(10-18)1-3-21-4-2-16;/h7-8H,1-6,9-10,18H2,(H,19,20);1H. The lowest BCUT2D eigenvalue weighted by Crippen LogP contribution is -2.48. The van der Waals surface area contributed by atoms with Crippen LogP contribution in [0.25, 0.3) is 0 Å². The second-order valence-electron chi connectivity index (χ2n) is 5.88. The van der Waals surface area contributed by atoms with Gasteiger partial charge in [0.05, 0.1) is 9.89 Å². The van der Waals surface area contributed by atoms with E-state index in [4.69, 9.17) is 19.9 Å². The monoisotopic (exact) mass is 420 g/mol. The van der Waals surface area contributed by atoms with E-state index in [1.54, 1.807) is 0 Å². The Bertz CT molecular complexity index is 594. The number of benzene rings is 1. The van der Waals surface area contributed by atoms with Gasteiger partial charge in [-0.25, -0.2) is 0 Å². The van der Waals surface area contributed by atoms with Gasteiger partial charge in [0.2, 0.25) is 5.91 Å². The van der Waals surface area contributed by atoms with E-state index in [1.165, 1.54) is 0 Å². The first-order valence-corrected chi connectivity index (χ1v) is 8.58. The van der Waals surface area contributed by atoms with Crippen molar-refractivity contribution in [2.45, 2.75) is 19.4 Å². The average molecular weight is 422 g/mol. The third-order valence-corrected chi connectivity index (χ3v) is 5.02. The molecule has 6 nitrogen and oxygen atoms in total. The van der Waals surface area contributed by atoms with Crippen LogP contribution < -0.4 is 20.5 Å². The molecule has 2 aliphatic heterocycles. The molecule has 1 fully saturated rings. The largest absolute Gasteiger partial charge is 0.486 e. The molecule has 0 atom stereocenters. The highest BCUT2D eigenvalue weighted by Crippen LogP contribution is 2.38. The Morgan fingerprint density at radius 3 is 2.62 bits per heavy atom. The highest BCUT2D eigenvalue weighted by molar-refractivity contribution is 9.10. The van der Waals surface area contributed by atoms with Crippen LogP contribution in [-0.2, 0) is 16.1 Å². The maximum Gasteiger partial charge on any atom is 0.227 e. The predicted octanol–water partition coefficient (Wildman–Crippen LogP) is 2.01. The zero-order chi connectivity index (χ0) is 16.3. The van der Waals surface area contributed by atoms with Crippen molar-refractivity contribution in [1.82, 2.24) is 5.32 Å². The van der Waals surface area contributed by atoms with Crippen LogP contribution in [0.3, 0.4) is 0 Å². The van der Waals surface area contributed by atoms with Crippen LogP contribution in [0.2, 0.25) is 0 Å². The van der Waals surface area contributed by atoms with Crippen LogP contribution in [-0.4, -0.2) is 38.9 Å². The van der Waals surface area contributed by atoms with Gasteiger partial charge < -0.3 is 25.3 Å². The molecule has 134 valence electrons. The third-order valence-electron chi connectivity index (χ3n) is 4.43. The van der Waals surface area contributed by atoms with Crippen molar-refractivity contribution in [3.8, 4) is 11.5 Å². The first kappa shape index (κ1) is 19.3. The van der Waals surface area contributed by atoms with Crippen LogP contribution >= 0.6 is 28.3 Å². The topological polar surface area (TPSA) is 82.8 Å². The molecule has 1 amide bonds. The van der Waals surface area contributed by atoms with Crippen molar-refractivity contribution >= 4 is 34.2 Å². The van der Waals surface area contributed by atoms with Crippen molar-refractivity contribution in [2.75, 3.05) is 33.0 Å². The number of ether oxygens (including phenoxy) is 3. The Hall–Kier alpha value is -1.02. The van der Waals surface area contributed by atoms with E-state index in [-0.39, 0.29) is 18.3 Å². The van der Waals surface area contributed by atoms with Crippen LogP contribution in [0.4, 0.5) is 0 Å². The van der Waals surface area contributed by atoms with Crippen LogP contribution in [0.1, 0.15) is 18.4 Å². The molecule has 24 heavy (non-hydrogen) atoms. The third kappa shape index (κ3) is 3.96. The number of carbonyl (C=O) groups is 1. The second-order valence-corrected chi connectivity index (χ2v) is 6.74. The number of hydrogen-bond donors (Lipinski definition) is 2. The number of hydrogen-bond acceptors (Lipinski definition) is 5. The SMILES string of the molecule is Cl.NCC1(C(=O)NCc2cc(Br)c3c(c2)OCCO3)CCOCC1. The van der Waals surface area contributed by atoms with E-state index in [0.29, 0.717) is 63.9 Å². The molecule has 3 rings (SSSR count). The summed E-state index contributed by atoms with van der Waals surface area (Å²) in [5, 5.41) is 3.00. The summed E-state index contributed by atoms with van der Waals surface area (Å²) in [4.78, 5) is 12.6. The molecular formula is C16H22BrClN2O4. The second kappa shape index (κ2) is 8.38. The molecule has 0 aromatic heterocycles. The molecule has 0 saturated carbocycles. The van der Waals surface area contributed by atoms with Gasteiger partial charge in [-0.1, -0.05) is 0 Å². The summed E-state index contributed by atoms with van der Waals surface area (Å²) in [5.74, 6) is 1.41. The number of amides is 1. The number of rotatable bonds is 4. The van der Waals surface area contributed by atoms with E-state index in [1.807, 2.05) is 12.1 Å². The van der Waals surface area contributed by atoms with E-state index in [2.05, 4.69) is 21.2 Å². The Morgan fingerprint density at radius 1 is 1.21 bits per heavy atom. The molecule has 0 aliphatic carbocycles. The van der Waals surface area contributed by atoms with Gasteiger partial charge in [-0.2, -0.15) is 0 Å². The smallest absolute Gasteiger partial charge is 0.227 e. The van der Waals surface area contributed by atoms with E-state index in [0.717, 1.165) is 10.0 Å². The van der Waals surface area contributed by atoms with Crippen molar-refractivity contribution in [3.05, 3.63) is 22.2 Å². The fourth-order valence-corrected chi connectivity index (χ4v) is 3.53.